The number of hydrogen-bond donors (Lipinski definition) is 2. The Morgan fingerprint density at radius 3 is 2.42 bits per heavy atom. The maximum atomic E-state index is 5.51. The van der Waals surface area contributed by atoms with Crippen molar-refractivity contribution < 1.29 is 0 Å². The van der Waals surface area contributed by atoms with Gasteiger partial charge in [0.2, 0.25) is 0 Å². The molecule has 1 aromatic rings. The summed E-state index contributed by atoms with van der Waals surface area (Å²) in [6.07, 6.45) is 2.07. The molecule has 0 atom stereocenters. The van der Waals surface area contributed by atoms with E-state index in [2.05, 4.69) is 25.8 Å². The topological polar surface area (TPSA) is 41.8 Å². The smallest absolute Gasteiger partial charge is 0.0194 e. The van der Waals surface area contributed by atoms with Gasteiger partial charge in [-0.05, 0) is 44.4 Å². The van der Waals surface area contributed by atoms with Gasteiger partial charge in [-0.3, -0.25) is 0 Å². The summed E-state index contributed by atoms with van der Waals surface area (Å²) in [5, 5.41) is 0. The van der Waals surface area contributed by atoms with Crippen LogP contribution in [0.4, 0.5) is 0 Å². The molecule has 12 heavy (non-hydrogen) atoms. The van der Waals surface area contributed by atoms with E-state index in [1.165, 1.54) is 22.5 Å². The summed E-state index contributed by atoms with van der Waals surface area (Å²) in [5.74, 6) is 0. The molecule has 0 unspecified atom stereocenters. The van der Waals surface area contributed by atoms with Crippen molar-refractivity contribution in [1.82, 2.24) is 4.98 Å². The van der Waals surface area contributed by atoms with Crippen LogP contribution in [0, 0.1) is 13.8 Å². The highest BCUT2D eigenvalue weighted by Gasteiger charge is 2.07. The molecule has 2 nitrogen and oxygen atoms in total. The average molecular weight is 166 g/mol. The summed E-state index contributed by atoms with van der Waals surface area (Å²) >= 11 is 0. The molecule has 0 amide bonds. The molecule has 0 radical (unpaired) electrons. The second kappa shape index (κ2) is 3.76. The number of H-pyrrole nitrogens is 1. The van der Waals surface area contributed by atoms with Crippen molar-refractivity contribution in [3.05, 3.63) is 22.5 Å². The van der Waals surface area contributed by atoms with Crippen LogP contribution in [0.1, 0.15) is 29.4 Å². The van der Waals surface area contributed by atoms with Crippen LogP contribution in [-0.4, -0.2) is 11.5 Å². The Labute approximate surface area is 74.2 Å². The highest BCUT2D eigenvalue weighted by Crippen LogP contribution is 2.18. The van der Waals surface area contributed by atoms with Gasteiger partial charge in [0, 0.05) is 11.4 Å². The van der Waals surface area contributed by atoms with Crippen LogP contribution in [0.3, 0.4) is 0 Å². The average Bonchev–Trinajstić information content (AvgIpc) is 2.29. The summed E-state index contributed by atoms with van der Waals surface area (Å²) in [6, 6.07) is 0. The zero-order valence-electron chi connectivity index (χ0n) is 8.20. The largest absolute Gasteiger partial charge is 0.362 e. The van der Waals surface area contributed by atoms with E-state index in [4.69, 9.17) is 5.73 Å². The molecule has 2 heteroatoms. The molecule has 0 aliphatic carbocycles. The van der Waals surface area contributed by atoms with Gasteiger partial charge in [-0.2, -0.15) is 0 Å². The number of hydrogen-bond acceptors (Lipinski definition) is 1. The fourth-order valence-corrected chi connectivity index (χ4v) is 1.78. The minimum Gasteiger partial charge on any atom is -0.362 e. The first-order valence-electron chi connectivity index (χ1n) is 4.57. The van der Waals surface area contributed by atoms with Crippen molar-refractivity contribution in [1.29, 1.82) is 0 Å². The Hall–Kier alpha value is -0.760. The van der Waals surface area contributed by atoms with E-state index < -0.39 is 0 Å². The van der Waals surface area contributed by atoms with Crippen LogP contribution in [0.15, 0.2) is 0 Å². The molecule has 0 spiro atoms. The molecule has 1 heterocycles. The number of nitrogens with two attached hydrogens (primary N) is 1. The molecular weight excluding hydrogens is 148 g/mol. The third-order valence-corrected chi connectivity index (χ3v) is 2.44. The second-order valence-corrected chi connectivity index (χ2v) is 3.22. The van der Waals surface area contributed by atoms with Gasteiger partial charge < -0.3 is 10.7 Å². The molecule has 0 saturated heterocycles. The summed E-state index contributed by atoms with van der Waals surface area (Å²) in [7, 11) is 0. The molecular formula is C10H18N2. The molecule has 1 rings (SSSR count). The van der Waals surface area contributed by atoms with E-state index in [-0.39, 0.29) is 0 Å². The Morgan fingerprint density at radius 2 is 2.00 bits per heavy atom. The van der Waals surface area contributed by atoms with E-state index in [9.17, 15) is 0 Å². The van der Waals surface area contributed by atoms with Crippen molar-refractivity contribution in [3.8, 4) is 0 Å². The molecule has 0 aliphatic rings. The van der Waals surface area contributed by atoms with Crippen LogP contribution in [-0.2, 0) is 12.8 Å². The minimum atomic E-state index is 0.726. The number of aromatic nitrogens is 1. The number of nitrogens with one attached hydrogen (secondary N) is 1. The normalized spacial score (nSPS) is 10.7. The SMILES string of the molecule is CCc1c(C)[nH]c(CCN)c1C. The lowest BCUT2D eigenvalue weighted by Crippen LogP contribution is -2.04. The third-order valence-electron chi connectivity index (χ3n) is 2.44. The lowest BCUT2D eigenvalue weighted by molar-refractivity contribution is 0.920. The highest BCUT2D eigenvalue weighted by atomic mass is 14.7. The van der Waals surface area contributed by atoms with Crippen LogP contribution >= 0.6 is 0 Å². The molecule has 1 aromatic heterocycles. The Bertz CT molecular complexity index is 261. The summed E-state index contributed by atoms with van der Waals surface area (Å²) in [5.41, 5.74) is 11.0. The van der Waals surface area contributed by atoms with Crippen molar-refractivity contribution in [2.24, 2.45) is 5.73 Å². The van der Waals surface area contributed by atoms with E-state index in [1.54, 1.807) is 0 Å². The predicted octanol–water partition coefficient (Wildman–Crippen LogP) is 1.70. The first-order chi connectivity index (χ1) is 5.70. The highest BCUT2D eigenvalue weighted by molar-refractivity contribution is 5.35. The number of rotatable bonds is 3. The van der Waals surface area contributed by atoms with E-state index >= 15 is 0 Å². The molecule has 0 saturated carbocycles. The van der Waals surface area contributed by atoms with Crippen molar-refractivity contribution in [2.75, 3.05) is 6.54 Å². The van der Waals surface area contributed by atoms with Crippen LogP contribution in [0.25, 0.3) is 0 Å². The van der Waals surface area contributed by atoms with Gasteiger partial charge in [0.25, 0.3) is 0 Å². The predicted molar refractivity (Wildman–Crippen MR) is 52.4 cm³/mol. The number of aryl methyl sites for hydroxylation is 1. The van der Waals surface area contributed by atoms with Gasteiger partial charge in [-0.15, -0.1) is 0 Å². The Morgan fingerprint density at radius 1 is 1.33 bits per heavy atom. The van der Waals surface area contributed by atoms with Gasteiger partial charge in [0.15, 0.2) is 0 Å². The number of aromatic amines is 1. The van der Waals surface area contributed by atoms with Gasteiger partial charge in [-0.25, -0.2) is 0 Å². The van der Waals surface area contributed by atoms with Crippen molar-refractivity contribution in [3.63, 3.8) is 0 Å². The fraction of sp³-hybridized carbons (Fsp3) is 0.600. The zero-order valence-corrected chi connectivity index (χ0v) is 8.20. The van der Waals surface area contributed by atoms with Crippen LogP contribution in [0.5, 0.6) is 0 Å². The summed E-state index contributed by atoms with van der Waals surface area (Å²) in [4.78, 5) is 3.38. The summed E-state index contributed by atoms with van der Waals surface area (Å²) in [6.45, 7) is 7.22. The van der Waals surface area contributed by atoms with Crippen LogP contribution < -0.4 is 5.73 Å². The van der Waals surface area contributed by atoms with E-state index in [0.29, 0.717) is 0 Å². The van der Waals surface area contributed by atoms with Gasteiger partial charge in [0.05, 0.1) is 0 Å². The molecule has 0 aromatic carbocycles. The maximum absolute atomic E-state index is 5.51. The molecule has 0 fully saturated rings. The second-order valence-electron chi connectivity index (χ2n) is 3.22. The fourth-order valence-electron chi connectivity index (χ4n) is 1.78. The Balaban J connectivity index is 3.00. The monoisotopic (exact) mass is 166 g/mol. The van der Waals surface area contributed by atoms with E-state index in [0.717, 1.165) is 19.4 Å². The van der Waals surface area contributed by atoms with Crippen LogP contribution in [0.2, 0.25) is 0 Å². The first kappa shape index (κ1) is 9.33. The molecule has 0 bridgehead atoms. The quantitative estimate of drug-likeness (QED) is 0.705. The molecule has 0 aliphatic heterocycles. The van der Waals surface area contributed by atoms with Crippen molar-refractivity contribution in [2.45, 2.75) is 33.6 Å². The molecule has 3 N–H and O–H groups in total. The van der Waals surface area contributed by atoms with E-state index in [1.807, 2.05) is 0 Å². The zero-order chi connectivity index (χ0) is 9.14. The molecule has 68 valence electrons. The van der Waals surface area contributed by atoms with Gasteiger partial charge in [0.1, 0.15) is 0 Å². The standard InChI is InChI=1S/C10H18N2/c1-4-9-7(2)10(5-6-11)12-8(9)3/h12H,4-6,11H2,1-3H3. The van der Waals surface area contributed by atoms with Gasteiger partial charge >= 0.3 is 0 Å². The summed E-state index contributed by atoms with van der Waals surface area (Å²) < 4.78 is 0. The lowest BCUT2D eigenvalue weighted by Gasteiger charge is -1.97. The lowest BCUT2D eigenvalue weighted by atomic mass is 10.1. The minimum absolute atomic E-state index is 0.726. The Kier molecular flexibility index (Phi) is 2.93. The third kappa shape index (κ3) is 1.53. The van der Waals surface area contributed by atoms with Crippen molar-refractivity contribution >= 4 is 0 Å². The first-order valence-corrected chi connectivity index (χ1v) is 4.57. The maximum Gasteiger partial charge on any atom is 0.0194 e. The van der Waals surface area contributed by atoms with Gasteiger partial charge in [-0.1, -0.05) is 6.92 Å².